The molecule has 0 saturated carbocycles. The lowest BCUT2D eigenvalue weighted by molar-refractivity contribution is -0.165. The van der Waals surface area contributed by atoms with Crippen molar-refractivity contribution < 1.29 is 24.4 Å². The molecule has 1 rings (SSSR count). The number of aryl methyl sites for hydroxylation is 1. The molecule has 0 aliphatic heterocycles. The van der Waals surface area contributed by atoms with Crippen LogP contribution in [0, 0.1) is 0 Å². The minimum atomic E-state index is -4.06. The Bertz CT molecular complexity index is 488. The van der Waals surface area contributed by atoms with Crippen molar-refractivity contribution in [2.75, 3.05) is 12.7 Å². The van der Waals surface area contributed by atoms with Gasteiger partial charge >= 0.3 is 7.60 Å². The van der Waals surface area contributed by atoms with E-state index in [0.29, 0.717) is 11.5 Å². The number of rotatable bonds is 10. The van der Waals surface area contributed by atoms with Crippen molar-refractivity contribution in [3.05, 3.63) is 35.9 Å². The molecule has 0 unspecified atom stereocenters. The Morgan fingerprint density at radius 1 is 1.05 bits per heavy atom. The highest BCUT2D eigenvalue weighted by Gasteiger charge is 2.15. The first-order valence-electron chi connectivity index (χ1n) is 7.46. The highest BCUT2D eigenvalue weighted by Crippen LogP contribution is 2.34. The molecule has 0 bridgehead atoms. The highest BCUT2D eigenvalue weighted by molar-refractivity contribution is 7.51. The van der Waals surface area contributed by atoms with Gasteiger partial charge in [-0.25, -0.2) is 5.06 Å². The third-order valence-electron chi connectivity index (χ3n) is 3.31. The largest absolute Gasteiger partial charge is 0.325 e. The van der Waals surface area contributed by atoms with E-state index in [1.54, 1.807) is 0 Å². The molecule has 1 aromatic rings. The third-order valence-corrected chi connectivity index (χ3v) is 4.20. The van der Waals surface area contributed by atoms with Crippen molar-refractivity contribution >= 4 is 13.5 Å². The van der Waals surface area contributed by atoms with Crippen LogP contribution in [0.25, 0.3) is 0 Å². The van der Waals surface area contributed by atoms with Gasteiger partial charge in [0.2, 0.25) is 5.91 Å². The molecule has 6 nitrogen and oxygen atoms in total. The molecular formula is C15H24NO5P. The van der Waals surface area contributed by atoms with Crippen LogP contribution in [0.3, 0.4) is 0 Å². The van der Waals surface area contributed by atoms with Crippen LogP contribution in [0.2, 0.25) is 0 Å². The molecule has 0 radical (unpaired) electrons. The van der Waals surface area contributed by atoms with Gasteiger partial charge in [-0.15, -0.1) is 0 Å². The van der Waals surface area contributed by atoms with Gasteiger partial charge in [0.05, 0.1) is 6.16 Å². The van der Waals surface area contributed by atoms with Crippen LogP contribution in [0.5, 0.6) is 0 Å². The maximum atomic E-state index is 11.6. The number of amides is 1. The number of carbonyl (C=O) groups is 1. The Balaban J connectivity index is 2.08. The number of hydrogen-bond acceptors (Lipinski definition) is 3. The van der Waals surface area contributed by atoms with Gasteiger partial charge in [0.15, 0.2) is 0 Å². The minimum Gasteiger partial charge on any atom is -0.324 e. The lowest BCUT2D eigenvalue weighted by Crippen LogP contribution is -2.28. The Morgan fingerprint density at radius 2 is 1.73 bits per heavy atom. The first-order valence-corrected chi connectivity index (χ1v) is 9.26. The van der Waals surface area contributed by atoms with Gasteiger partial charge in [0.1, 0.15) is 0 Å². The average Bonchev–Trinajstić information content (AvgIpc) is 2.46. The summed E-state index contributed by atoms with van der Waals surface area (Å²) < 4.78 is 10.7. The molecule has 0 atom stereocenters. The summed E-state index contributed by atoms with van der Waals surface area (Å²) in [6.07, 6.45) is 3.56. The summed E-state index contributed by atoms with van der Waals surface area (Å²) in [5, 5.41) is 10.0. The van der Waals surface area contributed by atoms with Crippen LogP contribution in [-0.4, -0.2) is 38.7 Å². The Labute approximate surface area is 130 Å². The summed E-state index contributed by atoms with van der Waals surface area (Å²) in [4.78, 5) is 29.0. The standard InChI is InChI=1S/C15H24NO5P/c17-15(16(18)12-7-13-22(19,20)21)11-6-2-5-10-14-8-3-1-4-9-14/h1,3-4,8-9,18H,2,5-7,10-13H2,(H2,19,20,21). The van der Waals surface area contributed by atoms with Crippen molar-refractivity contribution in [2.24, 2.45) is 0 Å². The number of hydroxylamine groups is 2. The molecule has 7 heteroatoms. The molecule has 0 aliphatic carbocycles. The highest BCUT2D eigenvalue weighted by atomic mass is 31.2. The van der Waals surface area contributed by atoms with E-state index in [0.717, 1.165) is 19.3 Å². The normalized spacial score (nSPS) is 11.4. The molecule has 0 fully saturated rings. The second-order valence-electron chi connectivity index (χ2n) is 5.30. The van der Waals surface area contributed by atoms with Gasteiger partial charge in [-0.05, 0) is 31.2 Å². The van der Waals surface area contributed by atoms with Crippen molar-refractivity contribution in [1.29, 1.82) is 0 Å². The summed E-state index contributed by atoms with van der Waals surface area (Å²) in [6.45, 7) is -0.0477. The number of nitrogens with zero attached hydrogens (tertiary/aromatic N) is 1. The zero-order chi connectivity index (χ0) is 16.4. The zero-order valence-corrected chi connectivity index (χ0v) is 13.5. The fraction of sp³-hybridized carbons (Fsp3) is 0.533. The smallest absolute Gasteiger partial charge is 0.324 e. The van der Waals surface area contributed by atoms with E-state index in [2.05, 4.69) is 12.1 Å². The Kier molecular flexibility index (Phi) is 8.35. The Hall–Kier alpha value is -1.20. The van der Waals surface area contributed by atoms with Gasteiger partial charge in [-0.1, -0.05) is 36.8 Å². The average molecular weight is 329 g/mol. The van der Waals surface area contributed by atoms with E-state index in [9.17, 15) is 14.6 Å². The fourth-order valence-electron chi connectivity index (χ4n) is 2.11. The van der Waals surface area contributed by atoms with Crippen LogP contribution in [0.15, 0.2) is 30.3 Å². The van der Waals surface area contributed by atoms with E-state index in [1.165, 1.54) is 5.56 Å². The van der Waals surface area contributed by atoms with Crippen molar-refractivity contribution in [3.8, 4) is 0 Å². The second kappa shape index (κ2) is 9.74. The molecule has 0 saturated heterocycles. The molecule has 3 N–H and O–H groups in total. The summed E-state index contributed by atoms with van der Waals surface area (Å²) in [5.41, 5.74) is 1.27. The van der Waals surface area contributed by atoms with Crippen LogP contribution < -0.4 is 0 Å². The summed E-state index contributed by atoms with van der Waals surface area (Å²) >= 11 is 0. The molecular weight excluding hydrogens is 305 g/mol. The van der Waals surface area contributed by atoms with Crippen molar-refractivity contribution in [3.63, 3.8) is 0 Å². The summed E-state index contributed by atoms with van der Waals surface area (Å²) in [7, 11) is -4.06. The van der Waals surface area contributed by atoms with Gasteiger partial charge < -0.3 is 9.79 Å². The number of carbonyl (C=O) groups excluding carboxylic acids is 1. The van der Waals surface area contributed by atoms with E-state index in [4.69, 9.17) is 9.79 Å². The minimum absolute atomic E-state index is 0.0477. The third kappa shape index (κ3) is 8.95. The van der Waals surface area contributed by atoms with Gasteiger partial charge in [0, 0.05) is 13.0 Å². The van der Waals surface area contributed by atoms with Gasteiger partial charge in [0.25, 0.3) is 0 Å². The molecule has 124 valence electrons. The maximum absolute atomic E-state index is 11.6. The quantitative estimate of drug-likeness (QED) is 0.265. The summed E-state index contributed by atoms with van der Waals surface area (Å²) in [5.74, 6) is -0.398. The maximum Gasteiger partial charge on any atom is 0.325 e. The molecule has 0 aliphatic rings. The lowest BCUT2D eigenvalue weighted by Gasteiger charge is -2.15. The SMILES string of the molecule is O=C(CCCCCc1ccccc1)N(O)CCCP(=O)(O)O. The first-order chi connectivity index (χ1) is 10.4. The first kappa shape index (κ1) is 18.8. The van der Waals surface area contributed by atoms with Crippen LogP contribution in [0.4, 0.5) is 0 Å². The van der Waals surface area contributed by atoms with E-state index in [1.807, 2.05) is 18.2 Å². The predicted molar refractivity (Wildman–Crippen MR) is 83.6 cm³/mol. The number of hydrogen-bond donors (Lipinski definition) is 3. The van der Waals surface area contributed by atoms with Crippen molar-refractivity contribution in [1.82, 2.24) is 5.06 Å². The van der Waals surface area contributed by atoms with Gasteiger partial charge in [-0.3, -0.25) is 14.6 Å². The van der Waals surface area contributed by atoms with E-state index < -0.39 is 13.5 Å². The molecule has 0 aromatic heterocycles. The molecule has 1 aromatic carbocycles. The summed E-state index contributed by atoms with van der Waals surface area (Å²) in [6, 6.07) is 10.1. The van der Waals surface area contributed by atoms with Crippen LogP contribution >= 0.6 is 7.60 Å². The number of unbranched alkanes of at least 4 members (excludes halogenated alkanes) is 2. The van der Waals surface area contributed by atoms with Crippen LogP contribution in [0.1, 0.15) is 37.7 Å². The van der Waals surface area contributed by atoms with Crippen molar-refractivity contribution in [2.45, 2.75) is 38.5 Å². The number of benzene rings is 1. The van der Waals surface area contributed by atoms with E-state index >= 15 is 0 Å². The van der Waals surface area contributed by atoms with Crippen LogP contribution in [-0.2, 0) is 15.8 Å². The monoisotopic (exact) mass is 329 g/mol. The lowest BCUT2D eigenvalue weighted by atomic mass is 10.1. The molecule has 0 spiro atoms. The van der Waals surface area contributed by atoms with Gasteiger partial charge in [-0.2, -0.15) is 0 Å². The Morgan fingerprint density at radius 3 is 2.36 bits per heavy atom. The molecule has 0 heterocycles. The fourth-order valence-corrected chi connectivity index (χ4v) is 2.66. The van der Waals surface area contributed by atoms with E-state index in [-0.39, 0.29) is 25.5 Å². The second-order valence-corrected chi connectivity index (χ2v) is 7.08. The predicted octanol–water partition coefficient (Wildman–Crippen LogP) is 2.58. The molecule has 22 heavy (non-hydrogen) atoms. The zero-order valence-electron chi connectivity index (χ0n) is 12.6. The molecule has 1 amide bonds. The topological polar surface area (TPSA) is 98.1 Å².